The summed E-state index contributed by atoms with van der Waals surface area (Å²) in [6, 6.07) is 5.87. The van der Waals surface area contributed by atoms with Crippen molar-refractivity contribution >= 4 is 11.8 Å². The van der Waals surface area contributed by atoms with E-state index < -0.39 is 0 Å². The Kier molecular flexibility index (Phi) is 2.94. The van der Waals surface area contributed by atoms with E-state index >= 15 is 0 Å². The number of nitriles is 1. The third kappa shape index (κ3) is 3.08. The molecular weight excluding hydrogens is 180 g/mol. The van der Waals surface area contributed by atoms with Gasteiger partial charge in [-0.2, -0.15) is 5.26 Å². The normalized spacial score (nSPS) is 10.9. The van der Waals surface area contributed by atoms with Crippen LogP contribution in [0.25, 0.3) is 0 Å². The Morgan fingerprint density at radius 2 is 2.15 bits per heavy atom. The Hall–Kier alpha value is -1.01. The van der Waals surface area contributed by atoms with Crippen LogP contribution < -0.4 is 0 Å². The Balaban J connectivity index is 2.96. The van der Waals surface area contributed by atoms with E-state index in [0.29, 0.717) is 5.69 Å². The smallest absolute Gasteiger partial charge is 0.153 e. The number of hydrogen-bond donors (Lipinski definition) is 0. The Morgan fingerprint density at radius 1 is 1.46 bits per heavy atom. The molecule has 0 fully saturated rings. The molecule has 68 valence electrons. The fraction of sp³-hybridized carbons (Fsp3) is 0.400. The van der Waals surface area contributed by atoms with Crippen molar-refractivity contribution in [2.45, 2.75) is 30.4 Å². The van der Waals surface area contributed by atoms with Crippen LogP contribution in [-0.2, 0) is 0 Å². The number of nitrogens with zero attached hydrogens (tertiary/aromatic N) is 2. The summed E-state index contributed by atoms with van der Waals surface area (Å²) in [5, 5.41) is 8.79. The van der Waals surface area contributed by atoms with Gasteiger partial charge in [0.05, 0.1) is 0 Å². The monoisotopic (exact) mass is 192 g/mol. The highest BCUT2D eigenvalue weighted by molar-refractivity contribution is 8.00. The SMILES string of the molecule is CC(C)(C)Sc1cccnc1C#N. The number of rotatable bonds is 1. The Labute approximate surface area is 83.0 Å². The molecule has 0 aliphatic rings. The zero-order valence-corrected chi connectivity index (χ0v) is 8.85. The van der Waals surface area contributed by atoms with Crippen LogP contribution >= 0.6 is 11.8 Å². The van der Waals surface area contributed by atoms with Crippen LogP contribution in [-0.4, -0.2) is 9.73 Å². The molecule has 0 atom stereocenters. The minimum atomic E-state index is 0.120. The van der Waals surface area contributed by atoms with Crippen LogP contribution in [0.1, 0.15) is 26.5 Å². The third-order valence-corrected chi connectivity index (χ3v) is 2.45. The number of aromatic nitrogens is 1. The maximum absolute atomic E-state index is 8.79. The molecule has 0 N–H and O–H groups in total. The molecule has 0 spiro atoms. The lowest BCUT2D eigenvalue weighted by atomic mass is 10.3. The Bertz CT molecular complexity index is 334. The molecule has 0 aliphatic heterocycles. The van der Waals surface area contributed by atoms with E-state index in [9.17, 15) is 0 Å². The zero-order valence-electron chi connectivity index (χ0n) is 8.03. The predicted octanol–water partition coefficient (Wildman–Crippen LogP) is 2.84. The summed E-state index contributed by atoms with van der Waals surface area (Å²) in [5.74, 6) is 0. The van der Waals surface area contributed by atoms with Gasteiger partial charge in [-0.3, -0.25) is 0 Å². The van der Waals surface area contributed by atoms with Gasteiger partial charge in [0.2, 0.25) is 0 Å². The average Bonchev–Trinajstić information content (AvgIpc) is 2.02. The van der Waals surface area contributed by atoms with E-state index in [1.54, 1.807) is 18.0 Å². The van der Waals surface area contributed by atoms with E-state index in [4.69, 9.17) is 5.26 Å². The third-order valence-electron chi connectivity index (χ3n) is 1.29. The molecule has 2 nitrogen and oxygen atoms in total. The van der Waals surface area contributed by atoms with Crippen LogP contribution in [0.3, 0.4) is 0 Å². The molecule has 0 bridgehead atoms. The summed E-state index contributed by atoms with van der Waals surface area (Å²) in [4.78, 5) is 4.96. The van der Waals surface area contributed by atoms with Crippen molar-refractivity contribution < 1.29 is 0 Å². The van der Waals surface area contributed by atoms with Crippen molar-refractivity contribution in [1.82, 2.24) is 4.98 Å². The van der Waals surface area contributed by atoms with Crippen molar-refractivity contribution in [1.29, 1.82) is 5.26 Å². The van der Waals surface area contributed by atoms with Gasteiger partial charge in [-0.25, -0.2) is 4.98 Å². The highest BCUT2D eigenvalue weighted by Crippen LogP contribution is 2.32. The molecule has 0 amide bonds. The predicted molar refractivity (Wildman–Crippen MR) is 54.6 cm³/mol. The van der Waals surface area contributed by atoms with Crippen LogP contribution in [0.2, 0.25) is 0 Å². The van der Waals surface area contributed by atoms with Crippen molar-refractivity contribution in [3.63, 3.8) is 0 Å². The molecule has 1 rings (SSSR count). The first-order valence-electron chi connectivity index (χ1n) is 4.07. The lowest BCUT2D eigenvalue weighted by Crippen LogP contribution is -2.07. The molecule has 1 aromatic heterocycles. The second-order valence-electron chi connectivity index (χ2n) is 3.68. The zero-order chi connectivity index (χ0) is 9.90. The molecule has 0 saturated carbocycles. The molecule has 1 heterocycles. The van der Waals surface area contributed by atoms with Gasteiger partial charge in [-0.05, 0) is 12.1 Å². The largest absolute Gasteiger partial charge is 0.244 e. The molecule has 0 saturated heterocycles. The maximum atomic E-state index is 8.79. The van der Waals surface area contributed by atoms with Crippen LogP contribution in [0, 0.1) is 11.3 Å². The quantitative estimate of drug-likeness (QED) is 0.642. The first kappa shape index (κ1) is 10.1. The number of pyridine rings is 1. The molecule has 0 aromatic carbocycles. The number of thioether (sulfide) groups is 1. The molecule has 13 heavy (non-hydrogen) atoms. The van der Waals surface area contributed by atoms with Gasteiger partial charge in [0, 0.05) is 15.8 Å². The molecular formula is C10H12N2S. The second-order valence-corrected chi connectivity index (χ2v) is 5.55. The van der Waals surface area contributed by atoms with Crippen LogP contribution in [0.5, 0.6) is 0 Å². The summed E-state index contributed by atoms with van der Waals surface area (Å²) in [7, 11) is 0. The van der Waals surface area contributed by atoms with E-state index in [1.807, 2.05) is 12.1 Å². The van der Waals surface area contributed by atoms with Crippen molar-refractivity contribution in [3.05, 3.63) is 24.0 Å². The standard InChI is InChI=1S/C10H12N2S/c1-10(2,3)13-9-5-4-6-12-8(9)7-11/h4-6H,1-3H3. The van der Waals surface area contributed by atoms with Crippen LogP contribution in [0.15, 0.2) is 23.2 Å². The van der Waals surface area contributed by atoms with E-state index in [1.165, 1.54) is 0 Å². The van der Waals surface area contributed by atoms with Gasteiger partial charge in [0.1, 0.15) is 6.07 Å². The van der Waals surface area contributed by atoms with Gasteiger partial charge in [0.25, 0.3) is 0 Å². The van der Waals surface area contributed by atoms with Crippen molar-refractivity contribution in [3.8, 4) is 6.07 Å². The van der Waals surface area contributed by atoms with Gasteiger partial charge in [0.15, 0.2) is 5.69 Å². The maximum Gasteiger partial charge on any atom is 0.153 e. The van der Waals surface area contributed by atoms with E-state index in [2.05, 4.69) is 31.8 Å². The lowest BCUT2D eigenvalue weighted by Gasteiger charge is -2.17. The lowest BCUT2D eigenvalue weighted by molar-refractivity contribution is 0.802. The summed E-state index contributed by atoms with van der Waals surface area (Å²) >= 11 is 1.67. The molecule has 1 aromatic rings. The number of hydrogen-bond acceptors (Lipinski definition) is 3. The average molecular weight is 192 g/mol. The summed E-state index contributed by atoms with van der Waals surface area (Å²) in [6.07, 6.45) is 1.64. The second kappa shape index (κ2) is 3.80. The summed E-state index contributed by atoms with van der Waals surface area (Å²) < 4.78 is 0.120. The topological polar surface area (TPSA) is 36.7 Å². The minimum Gasteiger partial charge on any atom is -0.244 e. The highest BCUT2D eigenvalue weighted by Gasteiger charge is 2.14. The highest BCUT2D eigenvalue weighted by atomic mass is 32.2. The van der Waals surface area contributed by atoms with E-state index in [0.717, 1.165) is 4.90 Å². The Morgan fingerprint density at radius 3 is 2.69 bits per heavy atom. The van der Waals surface area contributed by atoms with Gasteiger partial charge < -0.3 is 0 Å². The summed E-state index contributed by atoms with van der Waals surface area (Å²) in [5.41, 5.74) is 0.516. The van der Waals surface area contributed by atoms with Gasteiger partial charge in [-0.15, -0.1) is 11.8 Å². The first-order chi connectivity index (χ1) is 6.03. The molecule has 0 unspecified atom stereocenters. The van der Waals surface area contributed by atoms with E-state index in [-0.39, 0.29) is 4.75 Å². The minimum absolute atomic E-state index is 0.120. The first-order valence-corrected chi connectivity index (χ1v) is 4.89. The molecule has 0 radical (unpaired) electrons. The summed E-state index contributed by atoms with van der Waals surface area (Å²) in [6.45, 7) is 6.35. The van der Waals surface area contributed by atoms with Crippen molar-refractivity contribution in [2.75, 3.05) is 0 Å². The molecule has 3 heteroatoms. The van der Waals surface area contributed by atoms with Gasteiger partial charge >= 0.3 is 0 Å². The van der Waals surface area contributed by atoms with Crippen LogP contribution in [0.4, 0.5) is 0 Å². The fourth-order valence-electron chi connectivity index (χ4n) is 0.887. The fourth-order valence-corrected chi connectivity index (χ4v) is 1.89. The van der Waals surface area contributed by atoms with Crippen molar-refractivity contribution in [2.24, 2.45) is 0 Å². The molecule has 0 aliphatic carbocycles. The van der Waals surface area contributed by atoms with Gasteiger partial charge in [-0.1, -0.05) is 20.8 Å².